The van der Waals surface area contributed by atoms with Gasteiger partial charge in [0, 0.05) is 36.8 Å². The third-order valence-electron chi connectivity index (χ3n) is 5.99. The highest BCUT2D eigenvalue weighted by atomic mass is 32.2. The summed E-state index contributed by atoms with van der Waals surface area (Å²) in [6, 6.07) is 9.23. The average Bonchev–Trinajstić information content (AvgIpc) is 2.75. The van der Waals surface area contributed by atoms with Gasteiger partial charge in [-0.2, -0.15) is 0 Å². The van der Waals surface area contributed by atoms with Crippen LogP contribution in [0.5, 0.6) is 0 Å². The first-order valence-electron chi connectivity index (χ1n) is 10.6. The van der Waals surface area contributed by atoms with Crippen molar-refractivity contribution in [1.29, 1.82) is 0 Å². The predicted octanol–water partition coefficient (Wildman–Crippen LogP) is 1.96. The predicted molar refractivity (Wildman–Crippen MR) is 119 cm³/mol. The monoisotopic (exact) mass is 459 g/mol. The zero-order valence-electron chi connectivity index (χ0n) is 17.7. The molecule has 0 aliphatic carbocycles. The molecular formula is C22H25N3O6S. The minimum absolute atomic E-state index is 0.0422. The lowest BCUT2D eigenvalue weighted by molar-refractivity contribution is 0.0594. The largest absolute Gasteiger partial charge is 0.478 e. The Morgan fingerprint density at radius 2 is 1.88 bits per heavy atom. The highest BCUT2D eigenvalue weighted by molar-refractivity contribution is 7.92. The molecule has 9 nitrogen and oxygen atoms in total. The first-order valence-corrected chi connectivity index (χ1v) is 12.2. The number of carbonyl (C=O) groups is 2. The number of aromatic nitrogens is 1. The topological polar surface area (TPSA) is 126 Å². The second-order valence-corrected chi connectivity index (χ2v) is 10.2. The molecule has 0 radical (unpaired) electrons. The number of pyridine rings is 1. The minimum Gasteiger partial charge on any atom is -0.478 e. The Morgan fingerprint density at radius 1 is 1.12 bits per heavy atom. The molecule has 2 bridgehead atoms. The van der Waals surface area contributed by atoms with Crippen LogP contribution in [-0.4, -0.2) is 53.7 Å². The SMILES string of the molecule is CCCS(=O)(=O)Nc1ccc2n(c1=O)CC1CC2CN(C(=O)c2cccc(C(=O)O)c2)C1. The summed E-state index contributed by atoms with van der Waals surface area (Å²) in [5.74, 6) is -1.38. The fourth-order valence-electron chi connectivity index (χ4n) is 4.64. The summed E-state index contributed by atoms with van der Waals surface area (Å²) in [6.45, 7) is 3.01. The van der Waals surface area contributed by atoms with Gasteiger partial charge >= 0.3 is 5.97 Å². The number of carboxylic acids is 1. The zero-order chi connectivity index (χ0) is 23.0. The molecule has 2 aliphatic heterocycles. The van der Waals surface area contributed by atoms with Gasteiger partial charge in [-0.3, -0.25) is 14.3 Å². The molecule has 2 aliphatic rings. The second-order valence-electron chi connectivity index (χ2n) is 8.40. The summed E-state index contributed by atoms with van der Waals surface area (Å²) in [5.41, 5.74) is 0.832. The standard InChI is InChI=1S/C22H25N3O6S/c1-2-8-32(30,31)23-18-6-7-19-17-9-14(12-25(19)21(18)27)11-24(13-17)20(26)15-4-3-5-16(10-15)22(28)29/h3-7,10,14,17,23H,2,8-9,11-13H2,1H3,(H,28,29). The van der Waals surface area contributed by atoms with E-state index in [0.717, 1.165) is 12.1 Å². The number of fused-ring (bicyclic) bond motifs is 4. The fourth-order valence-corrected chi connectivity index (χ4v) is 5.77. The molecule has 0 saturated carbocycles. The summed E-state index contributed by atoms with van der Waals surface area (Å²) in [7, 11) is -3.57. The van der Waals surface area contributed by atoms with Crippen molar-refractivity contribution in [2.45, 2.75) is 32.2 Å². The highest BCUT2D eigenvalue weighted by Gasteiger charge is 2.37. The molecule has 1 fully saturated rings. The summed E-state index contributed by atoms with van der Waals surface area (Å²) >= 11 is 0. The molecule has 32 heavy (non-hydrogen) atoms. The smallest absolute Gasteiger partial charge is 0.335 e. The maximum atomic E-state index is 13.0. The van der Waals surface area contributed by atoms with Crippen LogP contribution in [0.3, 0.4) is 0 Å². The van der Waals surface area contributed by atoms with Gasteiger partial charge in [-0.15, -0.1) is 0 Å². The summed E-state index contributed by atoms with van der Waals surface area (Å²) in [6.07, 6.45) is 1.28. The molecule has 170 valence electrons. The Hall–Kier alpha value is -3.14. The van der Waals surface area contributed by atoms with Crippen LogP contribution in [0, 0.1) is 5.92 Å². The lowest BCUT2D eigenvalue weighted by Crippen LogP contribution is -2.49. The van der Waals surface area contributed by atoms with Gasteiger partial charge in [0.05, 0.1) is 11.3 Å². The number of carbonyl (C=O) groups excluding carboxylic acids is 1. The average molecular weight is 460 g/mol. The molecular weight excluding hydrogens is 434 g/mol. The minimum atomic E-state index is -3.57. The van der Waals surface area contributed by atoms with Crippen LogP contribution < -0.4 is 10.3 Å². The summed E-state index contributed by atoms with van der Waals surface area (Å²) in [4.78, 5) is 39.0. The number of nitrogens with one attached hydrogen (secondary N) is 1. The first kappa shape index (κ1) is 22.1. The number of nitrogens with zero attached hydrogens (tertiary/aromatic N) is 2. The number of aromatic carboxylic acids is 1. The van der Waals surface area contributed by atoms with Crippen molar-refractivity contribution in [2.24, 2.45) is 5.92 Å². The Balaban J connectivity index is 1.58. The van der Waals surface area contributed by atoms with E-state index in [9.17, 15) is 27.9 Å². The van der Waals surface area contributed by atoms with Gasteiger partial charge in [0.2, 0.25) is 10.0 Å². The van der Waals surface area contributed by atoms with Crippen molar-refractivity contribution in [3.8, 4) is 0 Å². The molecule has 1 saturated heterocycles. The van der Waals surface area contributed by atoms with E-state index in [2.05, 4.69) is 4.72 Å². The number of carboxylic acid groups (broad SMARTS) is 1. The van der Waals surface area contributed by atoms with Gasteiger partial charge < -0.3 is 14.6 Å². The maximum absolute atomic E-state index is 13.0. The molecule has 10 heteroatoms. The number of amides is 1. The van der Waals surface area contributed by atoms with Crippen LogP contribution in [0.1, 0.15) is 52.1 Å². The van der Waals surface area contributed by atoms with Crippen LogP contribution in [0.15, 0.2) is 41.2 Å². The molecule has 2 aromatic rings. The van der Waals surface area contributed by atoms with Crippen LogP contribution in [0.2, 0.25) is 0 Å². The quantitative estimate of drug-likeness (QED) is 0.680. The molecule has 1 aromatic heterocycles. The number of sulfonamides is 1. The van der Waals surface area contributed by atoms with Crippen molar-refractivity contribution in [3.63, 3.8) is 0 Å². The van der Waals surface area contributed by atoms with Crippen molar-refractivity contribution in [3.05, 3.63) is 63.6 Å². The lowest BCUT2D eigenvalue weighted by atomic mass is 9.83. The van der Waals surface area contributed by atoms with Crippen LogP contribution in [-0.2, 0) is 16.6 Å². The normalized spacial score (nSPS) is 19.8. The van der Waals surface area contributed by atoms with Gasteiger partial charge in [0.1, 0.15) is 5.69 Å². The van der Waals surface area contributed by atoms with E-state index >= 15 is 0 Å². The number of anilines is 1. The molecule has 2 N–H and O–H groups in total. The van der Waals surface area contributed by atoms with Crippen molar-refractivity contribution in [2.75, 3.05) is 23.6 Å². The second kappa shape index (κ2) is 8.42. The van der Waals surface area contributed by atoms with E-state index in [4.69, 9.17) is 0 Å². The Bertz CT molecular complexity index is 1240. The molecule has 2 unspecified atom stereocenters. The van der Waals surface area contributed by atoms with E-state index in [1.54, 1.807) is 34.6 Å². The maximum Gasteiger partial charge on any atom is 0.335 e. The van der Waals surface area contributed by atoms with Crippen molar-refractivity contribution < 1.29 is 23.1 Å². The van der Waals surface area contributed by atoms with Gasteiger partial charge in [-0.25, -0.2) is 13.2 Å². The van der Waals surface area contributed by atoms with E-state index in [1.165, 1.54) is 18.2 Å². The van der Waals surface area contributed by atoms with Gasteiger partial charge in [0.25, 0.3) is 11.5 Å². The summed E-state index contributed by atoms with van der Waals surface area (Å²) < 4.78 is 28.2. The van der Waals surface area contributed by atoms with E-state index in [1.807, 2.05) is 0 Å². The summed E-state index contributed by atoms with van der Waals surface area (Å²) in [5, 5.41) is 9.19. The number of benzene rings is 1. The molecule has 2 atom stereocenters. The number of piperidine rings is 1. The van der Waals surface area contributed by atoms with Crippen LogP contribution in [0.25, 0.3) is 0 Å². The van der Waals surface area contributed by atoms with Gasteiger partial charge in [-0.05, 0) is 49.1 Å². The van der Waals surface area contributed by atoms with E-state index < -0.39 is 16.0 Å². The van der Waals surface area contributed by atoms with Crippen LogP contribution >= 0.6 is 0 Å². The highest BCUT2D eigenvalue weighted by Crippen LogP contribution is 2.36. The third kappa shape index (κ3) is 4.27. The van der Waals surface area contributed by atoms with E-state index in [-0.39, 0.29) is 40.3 Å². The molecule has 4 rings (SSSR count). The molecule has 1 aromatic carbocycles. The number of likely N-dealkylation sites (tertiary alicyclic amines) is 1. The first-order chi connectivity index (χ1) is 15.2. The van der Waals surface area contributed by atoms with Crippen molar-refractivity contribution >= 4 is 27.6 Å². The van der Waals surface area contributed by atoms with Gasteiger partial charge in [0.15, 0.2) is 0 Å². The molecule has 1 amide bonds. The Labute approximate surface area is 185 Å². The van der Waals surface area contributed by atoms with Crippen LogP contribution in [0.4, 0.5) is 5.69 Å². The number of hydrogen-bond donors (Lipinski definition) is 2. The van der Waals surface area contributed by atoms with Crippen molar-refractivity contribution in [1.82, 2.24) is 9.47 Å². The Morgan fingerprint density at radius 3 is 2.59 bits per heavy atom. The van der Waals surface area contributed by atoms with E-state index in [0.29, 0.717) is 31.6 Å². The lowest BCUT2D eigenvalue weighted by Gasteiger charge is -2.43. The fraction of sp³-hybridized carbons (Fsp3) is 0.409. The molecule has 0 spiro atoms. The Kier molecular flexibility index (Phi) is 5.81. The zero-order valence-corrected chi connectivity index (χ0v) is 18.5. The number of rotatable bonds is 6. The number of hydrogen-bond acceptors (Lipinski definition) is 5. The third-order valence-corrected chi connectivity index (χ3v) is 7.46. The molecule has 3 heterocycles. The van der Waals surface area contributed by atoms with Gasteiger partial charge in [-0.1, -0.05) is 13.0 Å².